The van der Waals surface area contributed by atoms with E-state index in [1.807, 2.05) is 13.8 Å². The molecule has 1 aromatic heterocycles. The van der Waals surface area contributed by atoms with Crippen molar-refractivity contribution in [2.45, 2.75) is 59.3 Å². The van der Waals surface area contributed by atoms with Gasteiger partial charge in [0, 0.05) is 12.8 Å². The molecule has 2 amide bonds. The minimum atomic E-state index is -0.521. The number of hydrogen-bond donors (Lipinski definition) is 3. The van der Waals surface area contributed by atoms with Crippen LogP contribution in [0.4, 0.5) is 5.95 Å². The number of carbonyl (C=O) groups is 2. The zero-order valence-electron chi connectivity index (χ0n) is 15.2. The quantitative estimate of drug-likeness (QED) is 0.225. The van der Waals surface area contributed by atoms with Gasteiger partial charge in [0.15, 0.2) is 0 Å². The summed E-state index contributed by atoms with van der Waals surface area (Å²) in [6.45, 7) is 5.89. The molecular weight excluding hydrogens is 324 g/mol. The molecule has 1 aromatic rings. The number of unbranched alkanes of at least 4 members (excludes halogenated alkanes) is 2. The number of hydrogen-bond acceptors (Lipinski definition) is 7. The van der Waals surface area contributed by atoms with Crippen molar-refractivity contribution in [3.63, 3.8) is 0 Å². The number of hydroxylamine groups is 2. The number of carbonyl (C=O) groups excluding carboxylic acids is 2. The second kappa shape index (κ2) is 11.3. The van der Waals surface area contributed by atoms with Crippen LogP contribution in [0.2, 0.25) is 0 Å². The van der Waals surface area contributed by atoms with E-state index in [1.54, 1.807) is 0 Å². The van der Waals surface area contributed by atoms with E-state index in [9.17, 15) is 14.8 Å². The Morgan fingerprint density at radius 2 is 1.80 bits per heavy atom. The predicted molar refractivity (Wildman–Crippen MR) is 92.5 cm³/mol. The van der Waals surface area contributed by atoms with Gasteiger partial charge in [0.2, 0.25) is 18.3 Å². The highest BCUT2D eigenvalue weighted by molar-refractivity contribution is 5.80. The van der Waals surface area contributed by atoms with Crippen molar-refractivity contribution in [3.8, 4) is 0 Å². The van der Waals surface area contributed by atoms with Gasteiger partial charge in [-0.05, 0) is 6.42 Å². The molecule has 0 aliphatic carbocycles. The minimum absolute atomic E-state index is 0.0572. The summed E-state index contributed by atoms with van der Waals surface area (Å²) in [5, 5.41) is 9.88. The Hall–Kier alpha value is -2.29. The molecule has 0 fully saturated rings. The third-order valence-electron chi connectivity index (χ3n) is 3.71. The first kappa shape index (κ1) is 20.8. The largest absolute Gasteiger partial charge is 0.286 e. The van der Waals surface area contributed by atoms with Crippen LogP contribution in [0, 0.1) is 5.92 Å². The number of aromatic nitrogens is 3. The van der Waals surface area contributed by atoms with Crippen LogP contribution in [0.5, 0.6) is 0 Å². The fraction of sp³-hybridized carbons (Fsp3) is 0.688. The molecule has 9 heteroatoms. The maximum Gasteiger partial charge on any atom is 0.245 e. The molecule has 0 aliphatic rings. The fourth-order valence-electron chi connectivity index (χ4n) is 2.28. The summed E-state index contributed by atoms with van der Waals surface area (Å²) in [6.07, 6.45) is 5.04. The van der Waals surface area contributed by atoms with Crippen LogP contribution in [-0.4, -0.2) is 44.1 Å². The zero-order valence-corrected chi connectivity index (χ0v) is 15.2. The minimum Gasteiger partial charge on any atom is -0.286 e. The monoisotopic (exact) mass is 352 g/mol. The Morgan fingerprint density at radius 3 is 2.32 bits per heavy atom. The second-order valence-electron chi connectivity index (χ2n) is 5.73. The summed E-state index contributed by atoms with van der Waals surface area (Å²) < 4.78 is 0. The van der Waals surface area contributed by atoms with Gasteiger partial charge in [-0.15, -0.1) is 0 Å². The summed E-state index contributed by atoms with van der Waals surface area (Å²) in [5.41, 5.74) is 5.27. The van der Waals surface area contributed by atoms with E-state index < -0.39 is 5.92 Å². The number of amides is 2. The maximum atomic E-state index is 12.4. The smallest absolute Gasteiger partial charge is 0.245 e. The van der Waals surface area contributed by atoms with Gasteiger partial charge in [-0.1, -0.05) is 40.0 Å². The van der Waals surface area contributed by atoms with E-state index in [-0.39, 0.29) is 18.4 Å². The van der Waals surface area contributed by atoms with Crippen molar-refractivity contribution in [2.24, 2.45) is 5.92 Å². The van der Waals surface area contributed by atoms with Gasteiger partial charge >= 0.3 is 0 Å². The molecule has 3 N–H and O–H groups in total. The number of nitrogens with one attached hydrogen (secondary N) is 2. The SMILES string of the molecule is CCCCC[C@H](CN(O)C=O)C(=O)NNc1nc(CC)nc(CC)n1. The van der Waals surface area contributed by atoms with Crippen LogP contribution in [0.1, 0.15) is 58.1 Å². The maximum absolute atomic E-state index is 12.4. The third kappa shape index (κ3) is 7.42. The Balaban J connectivity index is 2.70. The topological polar surface area (TPSA) is 120 Å². The van der Waals surface area contributed by atoms with E-state index in [0.717, 1.165) is 19.3 Å². The van der Waals surface area contributed by atoms with E-state index >= 15 is 0 Å². The first-order valence-electron chi connectivity index (χ1n) is 8.74. The lowest BCUT2D eigenvalue weighted by Crippen LogP contribution is -2.40. The highest BCUT2D eigenvalue weighted by Crippen LogP contribution is 2.11. The molecule has 25 heavy (non-hydrogen) atoms. The van der Waals surface area contributed by atoms with E-state index in [0.29, 0.717) is 42.4 Å². The predicted octanol–water partition coefficient (Wildman–Crippen LogP) is 1.48. The van der Waals surface area contributed by atoms with Crippen LogP contribution in [0.15, 0.2) is 0 Å². The first-order chi connectivity index (χ1) is 12.0. The third-order valence-corrected chi connectivity index (χ3v) is 3.71. The molecule has 0 bridgehead atoms. The Morgan fingerprint density at radius 1 is 1.16 bits per heavy atom. The van der Waals surface area contributed by atoms with E-state index in [2.05, 4.69) is 32.7 Å². The summed E-state index contributed by atoms with van der Waals surface area (Å²) in [5.74, 6) is 0.720. The molecule has 1 heterocycles. The molecule has 140 valence electrons. The molecule has 0 spiro atoms. The molecule has 0 radical (unpaired) electrons. The van der Waals surface area contributed by atoms with E-state index in [4.69, 9.17) is 0 Å². The number of hydrazine groups is 1. The molecule has 0 aromatic carbocycles. The highest BCUT2D eigenvalue weighted by atomic mass is 16.5. The fourth-order valence-corrected chi connectivity index (χ4v) is 2.28. The molecular formula is C16H28N6O3. The van der Waals surface area contributed by atoms with Crippen molar-refractivity contribution in [3.05, 3.63) is 11.6 Å². The van der Waals surface area contributed by atoms with Crippen molar-refractivity contribution in [1.82, 2.24) is 25.4 Å². The average molecular weight is 352 g/mol. The molecule has 1 atom stereocenters. The Bertz CT molecular complexity index is 532. The second-order valence-corrected chi connectivity index (χ2v) is 5.73. The molecule has 0 saturated heterocycles. The molecule has 0 aliphatic heterocycles. The normalized spacial score (nSPS) is 11.7. The molecule has 1 rings (SSSR count). The molecule has 9 nitrogen and oxygen atoms in total. The molecule has 0 saturated carbocycles. The summed E-state index contributed by atoms with van der Waals surface area (Å²) in [4.78, 5) is 35.7. The van der Waals surface area contributed by atoms with Gasteiger partial charge in [0.05, 0.1) is 12.5 Å². The van der Waals surface area contributed by atoms with Crippen LogP contribution >= 0.6 is 0 Å². The number of rotatable bonds is 12. The van der Waals surface area contributed by atoms with Gasteiger partial charge < -0.3 is 0 Å². The van der Waals surface area contributed by atoms with Gasteiger partial charge in [-0.3, -0.25) is 25.6 Å². The van der Waals surface area contributed by atoms with Crippen LogP contribution < -0.4 is 10.9 Å². The van der Waals surface area contributed by atoms with Gasteiger partial charge in [0.25, 0.3) is 0 Å². The van der Waals surface area contributed by atoms with Crippen LogP contribution in [0.25, 0.3) is 0 Å². The summed E-state index contributed by atoms with van der Waals surface area (Å²) in [6, 6.07) is 0. The van der Waals surface area contributed by atoms with Crippen LogP contribution in [-0.2, 0) is 22.4 Å². The van der Waals surface area contributed by atoms with E-state index in [1.165, 1.54) is 0 Å². The highest BCUT2D eigenvalue weighted by Gasteiger charge is 2.21. The zero-order chi connectivity index (χ0) is 18.7. The van der Waals surface area contributed by atoms with Gasteiger partial charge in [-0.2, -0.15) is 9.97 Å². The number of anilines is 1. The summed E-state index contributed by atoms with van der Waals surface area (Å²) in [7, 11) is 0. The standard InChI is InChI=1S/C16H28N6O3/c1-4-7-8-9-12(10-22(25)11-23)15(24)20-21-16-18-13(5-2)17-14(6-3)19-16/h11-12,25H,4-10H2,1-3H3,(H,20,24)(H,17,18,19,21)/t12-/m1/s1. The lowest BCUT2D eigenvalue weighted by molar-refractivity contribution is -0.154. The average Bonchev–Trinajstić information content (AvgIpc) is 2.64. The van der Waals surface area contributed by atoms with Crippen LogP contribution in [0.3, 0.4) is 0 Å². The Labute approximate surface area is 148 Å². The lowest BCUT2D eigenvalue weighted by Gasteiger charge is -2.19. The Kier molecular flexibility index (Phi) is 9.38. The van der Waals surface area contributed by atoms with Crippen molar-refractivity contribution < 1.29 is 14.8 Å². The lowest BCUT2D eigenvalue weighted by atomic mass is 10.0. The number of nitrogens with zero attached hydrogens (tertiary/aromatic N) is 4. The van der Waals surface area contributed by atoms with Gasteiger partial charge in [0.1, 0.15) is 11.6 Å². The number of aryl methyl sites for hydroxylation is 2. The van der Waals surface area contributed by atoms with Crippen molar-refractivity contribution in [2.75, 3.05) is 12.0 Å². The van der Waals surface area contributed by atoms with Crippen molar-refractivity contribution >= 4 is 18.3 Å². The van der Waals surface area contributed by atoms with Crippen molar-refractivity contribution in [1.29, 1.82) is 0 Å². The molecule has 0 unspecified atom stereocenters. The first-order valence-corrected chi connectivity index (χ1v) is 8.74. The van der Waals surface area contributed by atoms with Gasteiger partial charge in [-0.25, -0.2) is 10.0 Å². The summed E-state index contributed by atoms with van der Waals surface area (Å²) >= 11 is 0.